The highest BCUT2D eigenvalue weighted by molar-refractivity contribution is 5.96. The molecular weight excluding hydrogens is 260 g/mol. The molecule has 0 N–H and O–H groups in total. The quantitative estimate of drug-likeness (QED) is 0.805. The van der Waals surface area contributed by atoms with Crippen molar-refractivity contribution in [3.05, 3.63) is 54.1 Å². The van der Waals surface area contributed by atoms with E-state index < -0.39 is 0 Å². The van der Waals surface area contributed by atoms with Crippen LogP contribution in [-0.2, 0) is 7.05 Å². The van der Waals surface area contributed by atoms with Crippen molar-refractivity contribution in [3.8, 4) is 0 Å². The van der Waals surface area contributed by atoms with Crippen LogP contribution in [0.4, 0.5) is 0 Å². The first-order valence-corrected chi connectivity index (χ1v) is 7.78. The zero-order chi connectivity index (χ0) is 14.4. The second kappa shape index (κ2) is 4.55. The zero-order valence-corrected chi connectivity index (χ0v) is 12.3. The Morgan fingerprint density at radius 1 is 1.29 bits per heavy atom. The number of carbonyl (C=O) groups excluding carboxylic acids is 1. The average Bonchev–Trinajstić information content (AvgIpc) is 2.83. The molecule has 2 atom stereocenters. The molecule has 1 heterocycles. The summed E-state index contributed by atoms with van der Waals surface area (Å²) in [6.45, 7) is 0. The summed E-state index contributed by atoms with van der Waals surface area (Å²) in [6, 6.07) is 10.6. The molecule has 0 amide bonds. The van der Waals surface area contributed by atoms with Crippen LogP contribution in [0, 0.1) is 11.3 Å². The molecular formula is C18H20N2O. The average molecular weight is 280 g/mol. The summed E-state index contributed by atoms with van der Waals surface area (Å²) in [4.78, 5) is 17.1. The van der Waals surface area contributed by atoms with Crippen molar-refractivity contribution in [1.82, 2.24) is 9.55 Å². The molecule has 0 unspecified atom stereocenters. The summed E-state index contributed by atoms with van der Waals surface area (Å²) >= 11 is 0. The van der Waals surface area contributed by atoms with Crippen molar-refractivity contribution in [3.63, 3.8) is 0 Å². The standard InChI is InChI=1S/C18H20N2O/c1-20-11-10-19-17(20)16(21)14-12-18(8-5-9-18)15(14)13-6-3-2-4-7-13/h2-4,6-7,10-11,14-15H,5,8-9,12H2,1H3/t14-,15+/m1/s1. The third-order valence-corrected chi connectivity index (χ3v) is 5.57. The number of ketones is 1. The predicted molar refractivity (Wildman–Crippen MR) is 81.1 cm³/mol. The molecule has 1 aromatic heterocycles. The molecule has 4 rings (SSSR count). The number of benzene rings is 1. The molecule has 0 aliphatic heterocycles. The Bertz CT molecular complexity index is 670. The summed E-state index contributed by atoms with van der Waals surface area (Å²) in [5.74, 6) is 1.31. The van der Waals surface area contributed by atoms with Crippen LogP contribution in [0.5, 0.6) is 0 Å². The number of carbonyl (C=O) groups is 1. The Morgan fingerprint density at radius 3 is 2.62 bits per heavy atom. The molecule has 108 valence electrons. The third kappa shape index (κ3) is 1.80. The van der Waals surface area contributed by atoms with Gasteiger partial charge >= 0.3 is 0 Å². The van der Waals surface area contributed by atoms with E-state index in [2.05, 4.69) is 29.2 Å². The van der Waals surface area contributed by atoms with E-state index in [4.69, 9.17) is 0 Å². The van der Waals surface area contributed by atoms with Gasteiger partial charge in [-0.3, -0.25) is 4.79 Å². The van der Waals surface area contributed by atoms with E-state index in [0.717, 1.165) is 6.42 Å². The minimum atomic E-state index is 0.105. The molecule has 2 fully saturated rings. The number of hydrogen-bond acceptors (Lipinski definition) is 2. The first-order chi connectivity index (χ1) is 10.2. The second-order valence-electron chi connectivity index (χ2n) is 6.64. The molecule has 3 nitrogen and oxygen atoms in total. The minimum Gasteiger partial charge on any atom is -0.332 e. The van der Waals surface area contributed by atoms with Crippen molar-refractivity contribution in [1.29, 1.82) is 0 Å². The molecule has 0 bridgehead atoms. The maximum atomic E-state index is 12.8. The Balaban J connectivity index is 1.67. The third-order valence-electron chi connectivity index (χ3n) is 5.57. The number of hydrogen-bond donors (Lipinski definition) is 0. The summed E-state index contributed by atoms with van der Waals surface area (Å²) < 4.78 is 1.84. The largest absolute Gasteiger partial charge is 0.332 e. The van der Waals surface area contributed by atoms with Crippen molar-refractivity contribution in [2.45, 2.75) is 31.6 Å². The molecule has 1 aromatic carbocycles. The maximum absolute atomic E-state index is 12.8. The molecule has 2 aliphatic carbocycles. The van der Waals surface area contributed by atoms with Crippen molar-refractivity contribution in [2.24, 2.45) is 18.4 Å². The summed E-state index contributed by atoms with van der Waals surface area (Å²) in [5.41, 5.74) is 1.73. The van der Waals surface area contributed by atoms with Gasteiger partial charge in [-0.25, -0.2) is 4.98 Å². The second-order valence-corrected chi connectivity index (χ2v) is 6.64. The molecule has 1 spiro atoms. The number of nitrogens with zero attached hydrogens (tertiary/aromatic N) is 2. The highest BCUT2D eigenvalue weighted by Crippen LogP contribution is 2.67. The van der Waals surface area contributed by atoms with Gasteiger partial charge in [-0.1, -0.05) is 36.8 Å². The van der Waals surface area contributed by atoms with E-state index in [-0.39, 0.29) is 11.7 Å². The lowest BCUT2D eigenvalue weighted by Gasteiger charge is -2.60. The van der Waals surface area contributed by atoms with E-state index in [1.165, 1.54) is 24.8 Å². The molecule has 0 saturated heterocycles. The van der Waals surface area contributed by atoms with E-state index in [9.17, 15) is 4.79 Å². The van der Waals surface area contributed by atoms with Crippen LogP contribution in [0.15, 0.2) is 42.7 Å². The highest BCUT2D eigenvalue weighted by Gasteiger charge is 2.59. The smallest absolute Gasteiger partial charge is 0.201 e. The van der Waals surface area contributed by atoms with Crippen LogP contribution in [0.3, 0.4) is 0 Å². The Hall–Kier alpha value is -1.90. The summed E-state index contributed by atoms with van der Waals surface area (Å²) in [5, 5.41) is 0. The van der Waals surface area contributed by atoms with E-state index in [1.54, 1.807) is 6.20 Å². The molecule has 3 heteroatoms. The Kier molecular flexibility index (Phi) is 2.78. The van der Waals surface area contributed by atoms with Gasteiger partial charge in [-0.2, -0.15) is 0 Å². The molecule has 2 aliphatic rings. The van der Waals surface area contributed by atoms with Gasteiger partial charge in [0.05, 0.1) is 0 Å². The van der Waals surface area contributed by atoms with Gasteiger partial charge in [0.15, 0.2) is 5.82 Å². The van der Waals surface area contributed by atoms with Crippen molar-refractivity contribution >= 4 is 5.78 Å². The van der Waals surface area contributed by atoms with Gasteiger partial charge < -0.3 is 4.57 Å². The first kappa shape index (κ1) is 12.8. The number of imidazole rings is 1. The van der Waals surface area contributed by atoms with Crippen molar-refractivity contribution in [2.75, 3.05) is 0 Å². The number of rotatable bonds is 3. The summed E-state index contributed by atoms with van der Waals surface area (Å²) in [6.07, 6.45) is 8.46. The molecule has 21 heavy (non-hydrogen) atoms. The summed E-state index contributed by atoms with van der Waals surface area (Å²) in [7, 11) is 1.90. The normalized spacial score (nSPS) is 26.1. The van der Waals surface area contributed by atoms with E-state index >= 15 is 0 Å². The van der Waals surface area contributed by atoms with Gasteiger partial charge in [-0.15, -0.1) is 0 Å². The fraction of sp³-hybridized carbons (Fsp3) is 0.444. The lowest BCUT2D eigenvalue weighted by Crippen LogP contribution is -2.53. The van der Waals surface area contributed by atoms with E-state index in [1.807, 2.05) is 23.9 Å². The Morgan fingerprint density at radius 2 is 2.05 bits per heavy atom. The monoisotopic (exact) mass is 280 g/mol. The van der Waals surface area contributed by atoms with Gasteiger partial charge in [0, 0.05) is 25.4 Å². The van der Waals surface area contributed by atoms with Crippen LogP contribution < -0.4 is 0 Å². The molecule has 2 saturated carbocycles. The zero-order valence-electron chi connectivity index (χ0n) is 12.3. The SMILES string of the molecule is Cn1ccnc1C(=O)[C@@H]1CC2(CCC2)[C@H]1c1ccccc1. The lowest BCUT2D eigenvalue weighted by molar-refractivity contribution is -0.0457. The molecule has 0 radical (unpaired) electrons. The van der Waals surface area contributed by atoms with Crippen LogP contribution in [0.1, 0.15) is 47.8 Å². The maximum Gasteiger partial charge on any atom is 0.201 e. The highest BCUT2D eigenvalue weighted by atomic mass is 16.1. The Labute approximate surface area is 125 Å². The topological polar surface area (TPSA) is 34.9 Å². The number of aromatic nitrogens is 2. The van der Waals surface area contributed by atoms with Crippen LogP contribution in [0.2, 0.25) is 0 Å². The van der Waals surface area contributed by atoms with E-state index in [0.29, 0.717) is 17.2 Å². The molecule has 2 aromatic rings. The lowest BCUT2D eigenvalue weighted by atomic mass is 9.43. The number of aryl methyl sites for hydroxylation is 1. The minimum absolute atomic E-state index is 0.105. The van der Waals surface area contributed by atoms with Gasteiger partial charge in [0.1, 0.15) is 0 Å². The number of Topliss-reactive ketones (excluding diaryl/α,β-unsaturated/α-hetero) is 1. The van der Waals surface area contributed by atoms with Crippen LogP contribution in [0.25, 0.3) is 0 Å². The first-order valence-electron chi connectivity index (χ1n) is 7.78. The van der Waals surface area contributed by atoms with Crippen LogP contribution >= 0.6 is 0 Å². The van der Waals surface area contributed by atoms with Gasteiger partial charge in [-0.05, 0) is 36.2 Å². The van der Waals surface area contributed by atoms with Gasteiger partial charge in [0.25, 0.3) is 0 Å². The predicted octanol–water partition coefficient (Wildman–Crippen LogP) is 3.58. The van der Waals surface area contributed by atoms with Crippen molar-refractivity contribution < 1.29 is 4.79 Å². The fourth-order valence-corrected chi connectivity index (χ4v) is 4.35. The van der Waals surface area contributed by atoms with Crippen LogP contribution in [-0.4, -0.2) is 15.3 Å². The van der Waals surface area contributed by atoms with Gasteiger partial charge in [0.2, 0.25) is 5.78 Å². The fourth-order valence-electron chi connectivity index (χ4n) is 4.35.